The number of carbonyl (C=O) groups excluding carboxylic acids is 1. The summed E-state index contributed by atoms with van der Waals surface area (Å²) in [6, 6.07) is 1.99. The van der Waals surface area contributed by atoms with Gasteiger partial charge >= 0.3 is 5.97 Å². The van der Waals surface area contributed by atoms with Gasteiger partial charge in [-0.15, -0.1) is 0 Å². The summed E-state index contributed by atoms with van der Waals surface area (Å²) in [4.78, 5) is 12.5. The zero-order valence-electron chi connectivity index (χ0n) is 15.2. The Balaban J connectivity index is 1.91. The molecule has 0 amide bonds. The molecule has 0 aromatic rings. The van der Waals surface area contributed by atoms with Gasteiger partial charge in [0.2, 0.25) is 0 Å². The molecule has 140 valence electrons. The van der Waals surface area contributed by atoms with Gasteiger partial charge in [0, 0.05) is 6.42 Å². The smallest absolute Gasteiger partial charge is 0.353 e. The molecule has 25 heavy (non-hydrogen) atoms. The summed E-state index contributed by atoms with van der Waals surface area (Å²) < 4.78 is 34.5. The molecule has 3 aliphatic heterocycles. The fourth-order valence-electron chi connectivity index (χ4n) is 3.59. The largest absolute Gasteiger partial charge is 0.463 e. The summed E-state index contributed by atoms with van der Waals surface area (Å²) in [7, 11) is 0. The normalized spacial score (nSPS) is 41.8. The molecule has 5 atom stereocenters. The number of nitrogens with zero attached hydrogens (tertiary/aromatic N) is 1. The molecule has 0 aromatic carbocycles. The van der Waals surface area contributed by atoms with Gasteiger partial charge in [-0.3, -0.25) is 0 Å². The van der Waals surface area contributed by atoms with Crippen molar-refractivity contribution in [3.05, 3.63) is 0 Å². The van der Waals surface area contributed by atoms with Gasteiger partial charge in [-0.05, 0) is 34.6 Å². The van der Waals surface area contributed by atoms with E-state index in [2.05, 4.69) is 0 Å². The molecule has 0 spiro atoms. The van der Waals surface area contributed by atoms with Crippen molar-refractivity contribution >= 4 is 5.97 Å². The van der Waals surface area contributed by atoms with E-state index in [0.717, 1.165) is 0 Å². The molecule has 0 unspecified atom stereocenters. The van der Waals surface area contributed by atoms with Crippen LogP contribution < -0.4 is 0 Å². The third kappa shape index (κ3) is 3.39. The number of hydrogen-bond acceptors (Lipinski definition) is 8. The van der Waals surface area contributed by atoms with Crippen LogP contribution in [0.4, 0.5) is 0 Å². The Labute approximate surface area is 147 Å². The van der Waals surface area contributed by atoms with Crippen molar-refractivity contribution in [2.75, 3.05) is 13.2 Å². The molecule has 8 heteroatoms. The molecule has 0 bridgehead atoms. The van der Waals surface area contributed by atoms with E-state index in [1.807, 2.05) is 6.07 Å². The minimum absolute atomic E-state index is 0.0455. The van der Waals surface area contributed by atoms with Crippen LogP contribution in [0.15, 0.2) is 0 Å². The van der Waals surface area contributed by atoms with Crippen LogP contribution in [-0.2, 0) is 33.2 Å². The first-order chi connectivity index (χ1) is 11.6. The number of esters is 1. The van der Waals surface area contributed by atoms with Crippen molar-refractivity contribution in [1.82, 2.24) is 0 Å². The maximum atomic E-state index is 12.5. The van der Waals surface area contributed by atoms with Crippen LogP contribution in [0.2, 0.25) is 0 Å². The molecule has 0 saturated carbocycles. The molecular formula is C17H25NO7. The second-order valence-electron chi connectivity index (χ2n) is 7.45. The van der Waals surface area contributed by atoms with E-state index in [1.54, 1.807) is 34.6 Å². The van der Waals surface area contributed by atoms with Crippen LogP contribution in [-0.4, -0.2) is 60.8 Å². The van der Waals surface area contributed by atoms with Gasteiger partial charge in [-0.1, -0.05) is 0 Å². The second-order valence-corrected chi connectivity index (χ2v) is 7.45. The minimum atomic E-state index is -1.75. The van der Waals surface area contributed by atoms with Crippen molar-refractivity contribution in [3.63, 3.8) is 0 Å². The molecule has 3 rings (SSSR count). The van der Waals surface area contributed by atoms with Crippen LogP contribution in [0.5, 0.6) is 0 Å². The number of nitriles is 1. The van der Waals surface area contributed by atoms with Gasteiger partial charge in [0.15, 0.2) is 11.6 Å². The molecule has 3 fully saturated rings. The standard InChI is InChI=1S/C17H25NO7/c1-6-20-14(19)17(9-18)7-10-12(24-16(4,5)22-10)13(25-17)11-8-21-15(2,3)23-11/h10-13H,6-8H2,1-5H3/t10-,11-,12-,13-,17+/m1/s1. The van der Waals surface area contributed by atoms with E-state index in [1.165, 1.54) is 0 Å². The van der Waals surface area contributed by atoms with Gasteiger partial charge in [0.25, 0.3) is 5.60 Å². The monoisotopic (exact) mass is 355 g/mol. The summed E-state index contributed by atoms with van der Waals surface area (Å²) in [5.74, 6) is -2.33. The molecule has 3 heterocycles. The highest BCUT2D eigenvalue weighted by Crippen LogP contribution is 2.44. The molecule has 0 N–H and O–H groups in total. The average Bonchev–Trinajstić information content (AvgIpc) is 3.03. The fraction of sp³-hybridized carbons (Fsp3) is 0.882. The first kappa shape index (κ1) is 18.5. The summed E-state index contributed by atoms with van der Waals surface area (Å²) in [5, 5.41) is 9.71. The first-order valence-electron chi connectivity index (χ1n) is 8.55. The van der Waals surface area contributed by atoms with Crippen molar-refractivity contribution < 1.29 is 33.2 Å². The number of hydrogen-bond donors (Lipinski definition) is 0. The van der Waals surface area contributed by atoms with Gasteiger partial charge in [0.05, 0.1) is 19.3 Å². The zero-order valence-corrected chi connectivity index (χ0v) is 15.2. The van der Waals surface area contributed by atoms with Crippen LogP contribution in [0, 0.1) is 11.3 Å². The SMILES string of the molecule is CCOC(=O)[C@@]1(C#N)C[C@H]2OC(C)(C)O[C@H]2[C@@H]([C@H]2COC(C)(C)O2)O1. The number of rotatable bonds is 3. The topological polar surface area (TPSA) is 96.2 Å². The van der Waals surface area contributed by atoms with Gasteiger partial charge in [0.1, 0.15) is 24.4 Å². The van der Waals surface area contributed by atoms with Crippen LogP contribution in [0.1, 0.15) is 41.0 Å². The molecule has 0 aromatic heterocycles. The lowest BCUT2D eigenvalue weighted by Crippen LogP contribution is -2.60. The van der Waals surface area contributed by atoms with Crippen LogP contribution in [0.25, 0.3) is 0 Å². The summed E-state index contributed by atoms with van der Waals surface area (Å²) in [6.07, 6.45) is -2.07. The van der Waals surface area contributed by atoms with E-state index < -0.39 is 47.6 Å². The van der Waals surface area contributed by atoms with Crippen molar-refractivity contribution in [1.29, 1.82) is 5.26 Å². The molecule has 8 nitrogen and oxygen atoms in total. The van der Waals surface area contributed by atoms with E-state index in [9.17, 15) is 10.1 Å². The number of carbonyl (C=O) groups is 1. The lowest BCUT2D eigenvalue weighted by atomic mass is 9.87. The molecule has 0 aliphatic carbocycles. The average molecular weight is 355 g/mol. The van der Waals surface area contributed by atoms with Crippen LogP contribution >= 0.6 is 0 Å². The lowest BCUT2D eigenvalue weighted by molar-refractivity contribution is -0.226. The highest BCUT2D eigenvalue weighted by atomic mass is 16.8. The maximum Gasteiger partial charge on any atom is 0.353 e. The fourth-order valence-corrected chi connectivity index (χ4v) is 3.59. The summed E-state index contributed by atoms with van der Waals surface area (Å²) >= 11 is 0. The Bertz CT molecular complexity index is 584. The quantitative estimate of drug-likeness (QED) is 0.699. The van der Waals surface area contributed by atoms with E-state index in [0.29, 0.717) is 0 Å². The van der Waals surface area contributed by atoms with E-state index in [-0.39, 0.29) is 19.6 Å². The first-order valence-corrected chi connectivity index (χ1v) is 8.55. The van der Waals surface area contributed by atoms with Gasteiger partial charge in [-0.25, -0.2) is 4.79 Å². The predicted molar refractivity (Wildman–Crippen MR) is 83.2 cm³/mol. The summed E-state index contributed by atoms with van der Waals surface area (Å²) in [5.41, 5.74) is -1.75. The predicted octanol–water partition coefficient (Wildman–Crippen LogP) is 1.27. The van der Waals surface area contributed by atoms with Crippen LogP contribution in [0.3, 0.4) is 0 Å². The zero-order chi connectivity index (χ0) is 18.5. The number of ether oxygens (including phenoxy) is 6. The Morgan fingerprint density at radius 3 is 2.28 bits per heavy atom. The van der Waals surface area contributed by atoms with E-state index >= 15 is 0 Å². The third-order valence-electron chi connectivity index (χ3n) is 4.55. The van der Waals surface area contributed by atoms with Gasteiger partial charge < -0.3 is 28.4 Å². The second kappa shape index (κ2) is 6.18. The molecule has 3 aliphatic rings. The highest BCUT2D eigenvalue weighted by molar-refractivity contribution is 5.83. The maximum absolute atomic E-state index is 12.5. The Morgan fingerprint density at radius 2 is 1.72 bits per heavy atom. The Kier molecular flexibility index (Phi) is 4.58. The minimum Gasteiger partial charge on any atom is -0.463 e. The molecule has 0 radical (unpaired) electrons. The third-order valence-corrected chi connectivity index (χ3v) is 4.55. The van der Waals surface area contributed by atoms with Crippen molar-refractivity contribution in [3.8, 4) is 6.07 Å². The summed E-state index contributed by atoms with van der Waals surface area (Å²) in [6.45, 7) is 9.28. The van der Waals surface area contributed by atoms with Crippen molar-refractivity contribution in [2.45, 2.75) is 82.6 Å². The van der Waals surface area contributed by atoms with Gasteiger partial charge in [-0.2, -0.15) is 5.26 Å². The Morgan fingerprint density at radius 1 is 1.08 bits per heavy atom. The lowest BCUT2D eigenvalue weighted by Gasteiger charge is -2.41. The molecule has 3 saturated heterocycles. The Hall–Kier alpha value is -1.24. The highest BCUT2D eigenvalue weighted by Gasteiger charge is 2.61. The molecular weight excluding hydrogens is 330 g/mol. The van der Waals surface area contributed by atoms with E-state index in [4.69, 9.17) is 28.4 Å². The van der Waals surface area contributed by atoms with Crippen molar-refractivity contribution in [2.24, 2.45) is 0 Å². The number of fused-ring (bicyclic) bond motifs is 1.